The summed E-state index contributed by atoms with van der Waals surface area (Å²) in [6.45, 7) is 0.793. The fourth-order valence-corrected chi connectivity index (χ4v) is 4.08. The van der Waals surface area contributed by atoms with E-state index in [4.69, 9.17) is 23.9 Å². The Kier molecular flexibility index (Phi) is 7.86. The van der Waals surface area contributed by atoms with Gasteiger partial charge in [-0.05, 0) is 6.07 Å². The van der Waals surface area contributed by atoms with Gasteiger partial charge in [0.1, 0.15) is 0 Å². The zero-order chi connectivity index (χ0) is 22.2. The number of aromatic nitrogens is 1. The molecule has 0 saturated heterocycles. The molecule has 31 heavy (non-hydrogen) atoms. The second-order valence-electron chi connectivity index (χ2n) is 6.59. The molecule has 0 unspecified atom stereocenters. The molecule has 1 heterocycles. The maximum Gasteiger partial charge on any atom is 0.233 e. The number of benzene rings is 2. The number of hydrogen-bond donors (Lipinski definition) is 0. The van der Waals surface area contributed by atoms with E-state index in [0.29, 0.717) is 41.1 Å². The van der Waals surface area contributed by atoms with Crippen molar-refractivity contribution in [2.24, 2.45) is 0 Å². The van der Waals surface area contributed by atoms with E-state index >= 15 is 0 Å². The zero-order valence-corrected chi connectivity index (χ0v) is 18.9. The first-order chi connectivity index (χ1) is 15.1. The molecule has 3 aromatic rings. The minimum atomic E-state index is -0.114. The van der Waals surface area contributed by atoms with Crippen molar-refractivity contribution in [1.82, 2.24) is 4.98 Å². The van der Waals surface area contributed by atoms with Gasteiger partial charge in [-0.3, -0.25) is 9.69 Å². The smallest absolute Gasteiger partial charge is 0.233 e. The predicted octanol–water partition coefficient (Wildman–Crippen LogP) is 4.06. The lowest BCUT2D eigenvalue weighted by atomic mass is 10.1. The largest absolute Gasteiger partial charge is 0.493 e. The lowest BCUT2D eigenvalue weighted by molar-refractivity contribution is -0.118. The van der Waals surface area contributed by atoms with Crippen LogP contribution in [0.1, 0.15) is 5.56 Å². The predicted molar refractivity (Wildman–Crippen MR) is 122 cm³/mol. The molecule has 1 aromatic heterocycles. The van der Waals surface area contributed by atoms with Crippen LogP contribution in [0.3, 0.4) is 0 Å². The molecule has 7 nitrogen and oxygen atoms in total. The van der Waals surface area contributed by atoms with Gasteiger partial charge in [-0.15, -0.1) is 11.3 Å². The summed E-state index contributed by atoms with van der Waals surface area (Å²) in [5, 5.41) is 2.58. The molecule has 0 fully saturated rings. The van der Waals surface area contributed by atoms with Gasteiger partial charge in [0.25, 0.3) is 0 Å². The van der Waals surface area contributed by atoms with Crippen molar-refractivity contribution < 1.29 is 23.7 Å². The second-order valence-corrected chi connectivity index (χ2v) is 7.43. The van der Waals surface area contributed by atoms with E-state index < -0.39 is 0 Å². The van der Waals surface area contributed by atoms with Crippen LogP contribution in [0.2, 0.25) is 0 Å². The molecule has 0 radical (unpaired) electrons. The van der Waals surface area contributed by atoms with Crippen LogP contribution < -0.4 is 19.1 Å². The average Bonchev–Trinajstić information content (AvgIpc) is 3.29. The first kappa shape index (κ1) is 22.6. The van der Waals surface area contributed by atoms with Gasteiger partial charge in [-0.25, -0.2) is 4.98 Å². The minimum Gasteiger partial charge on any atom is -0.493 e. The molecule has 0 N–H and O–H groups in total. The molecule has 0 atom stereocenters. The Bertz CT molecular complexity index is 1010. The van der Waals surface area contributed by atoms with Crippen LogP contribution in [0.15, 0.2) is 47.8 Å². The SMILES string of the molecule is COCCN(C(=O)Cc1ccc(OC)c(OC)c1OC)c1nc(-c2ccccc2)cs1. The van der Waals surface area contributed by atoms with Crippen LogP contribution in [0, 0.1) is 0 Å². The van der Waals surface area contributed by atoms with Gasteiger partial charge in [0.05, 0.1) is 46.6 Å². The summed E-state index contributed by atoms with van der Waals surface area (Å²) in [7, 11) is 6.25. The van der Waals surface area contributed by atoms with E-state index in [1.807, 2.05) is 41.8 Å². The van der Waals surface area contributed by atoms with Crippen molar-refractivity contribution >= 4 is 22.4 Å². The maximum atomic E-state index is 13.3. The average molecular weight is 443 g/mol. The summed E-state index contributed by atoms with van der Waals surface area (Å²) < 4.78 is 21.5. The van der Waals surface area contributed by atoms with Gasteiger partial charge in [0, 0.05) is 23.6 Å². The van der Waals surface area contributed by atoms with E-state index in [0.717, 1.165) is 11.3 Å². The Morgan fingerprint density at radius 1 is 0.968 bits per heavy atom. The monoisotopic (exact) mass is 442 g/mol. The number of thiazole rings is 1. The molecule has 1 amide bonds. The van der Waals surface area contributed by atoms with E-state index in [1.54, 1.807) is 32.3 Å². The summed E-state index contributed by atoms with van der Waals surface area (Å²) in [4.78, 5) is 19.6. The van der Waals surface area contributed by atoms with Crippen molar-refractivity contribution in [2.75, 3.05) is 46.5 Å². The topological polar surface area (TPSA) is 70.1 Å². The third-order valence-corrected chi connectivity index (χ3v) is 5.60. The molecule has 0 saturated carbocycles. The Morgan fingerprint density at radius 2 is 1.71 bits per heavy atom. The first-order valence-corrected chi connectivity index (χ1v) is 10.6. The molecule has 164 valence electrons. The first-order valence-electron chi connectivity index (χ1n) is 9.71. The normalized spacial score (nSPS) is 10.6. The van der Waals surface area contributed by atoms with Crippen molar-refractivity contribution in [3.05, 3.63) is 53.4 Å². The molecule has 0 aliphatic heterocycles. The van der Waals surface area contributed by atoms with Crippen molar-refractivity contribution in [3.8, 4) is 28.5 Å². The quantitative estimate of drug-likeness (QED) is 0.472. The van der Waals surface area contributed by atoms with E-state index in [-0.39, 0.29) is 12.3 Å². The molecule has 0 bridgehead atoms. The number of ether oxygens (including phenoxy) is 4. The summed E-state index contributed by atoms with van der Waals surface area (Å²) in [5.74, 6) is 1.36. The lowest BCUT2D eigenvalue weighted by Crippen LogP contribution is -2.35. The highest BCUT2D eigenvalue weighted by Gasteiger charge is 2.23. The summed E-state index contributed by atoms with van der Waals surface area (Å²) in [6.07, 6.45) is 0.119. The molecule has 2 aromatic carbocycles. The van der Waals surface area contributed by atoms with Gasteiger partial charge in [-0.1, -0.05) is 36.4 Å². The van der Waals surface area contributed by atoms with Crippen molar-refractivity contribution in [2.45, 2.75) is 6.42 Å². The van der Waals surface area contributed by atoms with E-state index in [9.17, 15) is 4.79 Å². The van der Waals surface area contributed by atoms with E-state index in [1.165, 1.54) is 18.4 Å². The number of carbonyl (C=O) groups is 1. The van der Waals surface area contributed by atoms with Gasteiger partial charge in [-0.2, -0.15) is 0 Å². The van der Waals surface area contributed by atoms with Crippen LogP contribution >= 0.6 is 11.3 Å². The Morgan fingerprint density at radius 3 is 2.35 bits per heavy atom. The summed E-state index contributed by atoms with van der Waals surface area (Å²) in [6, 6.07) is 13.5. The van der Waals surface area contributed by atoms with Crippen molar-refractivity contribution in [3.63, 3.8) is 0 Å². The number of amides is 1. The number of nitrogens with zero attached hydrogens (tertiary/aromatic N) is 2. The Labute approximate surface area is 186 Å². The summed E-state index contributed by atoms with van der Waals surface area (Å²) >= 11 is 1.43. The molecule has 0 spiro atoms. The Balaban J connectivity index is 1.89. The molecule has 0 aliphatic rings. The van der Waals surface area contributed by atoms with E-state index in [2.05, 4.69) is 0 Å². The fourth-order valence-electron chi connectivity index (χ4n) is 3.20. The molecule has 3 rings (SSSR count). The second kappa shape index (κ2) is 10.8. The standard InChI is InChI=1S/C23H26N2O5S/c1-27-13-12-25(23-24-18(15-31-23)16-8-6-5-7-9-16)20(26)14-17-10-11-19(28-2)22(30-4)21(17)29-3/h5-11,15H,12-14H2,1-4H3. The third-order valence-electron chi connectivity index (χ3n) is 4.74. The van der Waals surface area contributed by atoms with Crippen LogP contribution in [0.5, 0.6) is 17.2 Å². The number of carbonyl (C=O) groups excluding carboxylic acids is 1. The van der Waals surface area contributed by atoms with Crippen molar-refractivity contribution in [1.29, 1.82) is 0 Å². The number of anilines is 1. The summed E-state index contributed by atoms with van der Waals surface area (Å²) in [5.41, 5.74) is 2.54. The highest BCUT2D eigenvalue weighted by Crippen LogP contribution is 2.40. The van der Waals surface area contributed by atoms with Gasteiger partial charge < -0.3 is 18.9 Å². The lowest BCUT2D eigenvalue weighted by Gasteiger charge is -2.21. The molecular formula is C23H26N2O5S. The molecule has 0 aliphatic carbocycles. The number of methoxy groups -OCH3 is 4. The molecule has 8 heteroatoms. The van der Waals surface area contributed by atoms with Gasteiger partial charge in [0.15, 0.2) is 16.6 Å². The Hall–Kier alpha value is -3.10. The minimum absolute atomic E-state index is 0.114. The number of hydrogen-bond acceptors (Lipinski definition) is 7. The fraction of sp³-hybridized carbons (Fsp3) is 0.304. The van der Waals surface area contributed by atoms with Crippen LogP contribution in [0.4, 0.5) is 5.13 Å². The van der Waals surface area contributed by atoms with Gasteiger partial charge in [0.2, 0.25) is 11.7 Å². The van der Waals surface area contributed by atoms with Crippen LogP contribution in [0.25, 0.3) is 11.3 Å². The molecular weight excluding hydrogens is 416 g/mol. The highest BCUT2D eigenvalue weighted by atomic mass is 32.1. The van der Waals surface area contributed by atoms with Crippen LogP contribution in [-0.4, -0.2) is 52.5 Å². The highest BCUT2D eigenvalue weighted by molar-refractivity contribution is 7.14. The zero-order valence-electron chi connectivity index (χ0n) is 18.1. The van der Waals surface area contributed by atoms with Crippen LogP contribution in [-0.2, 0) is 16.0 Å². The third kappa shape index (κ3) is 5.15. The maximum absolute atomic E-state index is 13.3. The van der Waals surface area contributed by atoms with Gasteiger partial charge >= 0.3 is 0 Å². The number of rotatable bonds is 10.